The van der Waals surface area contributed by atoms with E-state index in [1.807, 2.05) is 6.92 Å². The summed E-state index contributed by atoms with van der Waals surface area (Å²) in [5.74, 6) is -1.40. The predicted octanol–water partition coefficient (Wildman–Crippen LogP) is 3.05. The zero-order chi connectivity index (χ0) is 14.6. The van der Waals surface area contributed by atoms with Crippen LogP contribution in [0.1, 0.15) is 30.1 Å². The number of nitrogens with one attached hydrogen (secondary N) is 1. The van der Waals surface area contributed by atoms with E-state index in [1.54, 1.807) is 0 Å². The van der Waals surface area contributed by atoms with Gasteiger partial charge in [0.25, 0.3) is 15.0 Å². The summed E-state index contributed by atoms with van der Waals surface area (Å²) in [5, 5.41) is 2.57. The fourth-order valence-electron chi connectivity index (χ4n) is 1.38. The van der Waals surface area contributed by atoms with Crippen LogP contribution in [0.4, 0.5) is 4.39 Å². The molecule has 0 fully saturated rings. The predicted molar refractivity (Wildman–Crippen MR) is 74.4 cm³/mol. The number of amides is 1. The molecule has 1 aromatic rings. The summed E-state index contributed by atoms with van der Waals surface area (Å²) in [4.78, 5) is 11.4. The van der Waals surface area contributed by atoms with Crippen molar-refractivity contribution < 1.29 is 17.6 Å². The molecule has 1 N–H and O–H groups in total. The van der Waals surface area contributed by atoms with Crippen molar-refractivity contribution in [1.82, 2.24) is 5.32 Å². The third kappa shape index (κ3) is 4.43. The highest BCUT2D eigenvalue weighted by molar-refractivity contribution is 9.10. The lowest BCUT2D eigenvalue weighted by atomic mass is 10.2. The number of benzene rings is 1. The molecule has 0 aliphatic heterocycles. The van der Waals surface area contributed by atoms with Crippen LogP contribution in [0.15, 0.2) is 21.5 Å². The first-order valence-corrected chi connectivity index (χ1v) is 8.59. The number of hydrogen-bond acceptors (Lipinski definition) is 3. The molecule has 0 saturated carbocycles. The van der Waals surface area contributed by atoms with Gasteiger partial charge in [0.2, 0.25) is 0 Å². The molecule has 19 heavy (non-hydrogen) atoms. The molecule has 0 atom stereocenters. The summed E-state index contributed by atoms with van der Waals surface area (Å²) in [7, 11) is 1.05. The second-order valence-corrected chi connectivity index (χ2v) is 7.14. The lowest BCUT2D eigenvalue weighted by molar-refractivity contribution is 0.0951. The van der Waals surface area contributed by atoms with E-state index in [4.69, 9.17) is 10.7 Å². The van der Waals surface area contributed by atoms with Crippen LogP contribution in [-0.2, 0) is 9.05 Å². The van der Waals surface area contributed by atoms with Crippen LogP contribution in [0.25, 0.3) is 0 Å². The van der Waals surface area contributed by atoms with Gasteiger partial charge in [0.05, 0.1) is 10.0 Å². The van der Waals surface area contributed by atoms with Crippen LogP contribution in [0.5, 0.6) is 0 Å². The molecule has 0 aromatic heterocycles. The van der Waals surface area contributed by atoms with E-state index >= 15 is 0 Å². The van der Waals surface area contributed by atoms with Gasteiger partial charge in [-0.15, -0.1) is 0 Å². The van der Waals surface area contributed by atoms with E-state index < -0.39 is 25.7 Å². The minimum atomic E-state index is -4.13. The summed E-state index contributed by atoms with van der Waals surface area (Å²) in [6.07, 6.45) is 1.67. The first-order valence-electron chi connectivity index (χ1n) is 5.49. The number of halogens is 3. The SMILES string of the molecule is CCCCNC(=O)c1cc(F)cc(S(=O)(=O)Cl)c1Br. The number of carbonyl (C=O) groups excluding carboxylic acids is 1. The van der Waals surface area contributed by atoms with Crippen LogP contribution in [0.3, 0.4) is 0 Å². The molecule has 4 nitrogen and oxygen atoms in total. The fraction of sp³-hybridized carbons (Fsp3) is 0.364. The van der Waals surface area contributed by atoms with Gasteiger partial charge in [-0.25, -0.2) is 12.8 Å². The molecule has 0 aliphatic rings. The van der Waals surface area contributed by atoms with Crippen molar-refractivity contribution >= 4 is 41.6 Å². The Bertz CT molecular complexity index is 592. The Hall–Kier alpha value is -0.660. The molecule has 0 unspecified atom stereocenters. The van der Waals surface area contributed by atoms with Crippen molar-refractivity contribution in [2.45, 2.75) is 24.7 Å². The molecule has 0 radical (unpaired) electrons. The molecule has 1 rings (SSSR count). The quantitative estimate of drug-likeness (QED) is 0.638. The van der Waals surface area contributed by atoms with Gasteiger partial charge in [0.1, 0.15) is 10.7 Å². The third-order valence-corrected chi connectivity index (χ3v) is 4.79. The standard InChI is InChI=1S/C11H12BrClFNO3S/c1-2-3-4-15-11(16)8-5-7(14)6-9(10(8)12)19(13,17)18/h5-6H,2-4H2,1H3,(H,15,16). The normalized spacial score (nSPS) is 11.4. The highest BCUT2D eigenvalue weighted by Crippen LogP contribution is 2.29. The molecule has 0 saturated heterocycles. The van der Waals surface area contributed by atoms with Gasteiger partial charge in [0, 0.05) is 17.2 Å². The van der Waals surface area contributed by atoms with Crippen molar-refractivity contribution in [2.75, 3.05) is 6.54 Å². The average Bonchev–Trinajstić information content (AvgIpc) is 2.30. The number of rotatable bonds is 5. The molecular formula is C11H12BrClFNO3S. The van der Waals surface area contributed by atoms with Gasteiger partial charge in [-0.1, -0.05) is 13.3 Å². The highest BCUT2D eigenvalue weighted by atomic mass is 79.9. The first kappa shape index (κ1) is 16.4. The Kier molecular flexibility index (Phi) is 5.76. The molecule has 0 aliphatic carbocycles. The van der Waals surface area contributed by atoms with Crippen molar-refractivity contribution in [1.29, 1.82) is 0 Å². The highest BCUT2D eigenvalue weighted by Gasteiger charge is 2.22. The molecule has 0 spiro atoms. The monoisotopic (exact) mass is 371 g/mol. The van der Waals surface area contributed by atoms with Gasteiger partial charge in [0.15, 0.2) is 0 Å². The number of carbonyl (C=O) groups is 1. The number of unbranched alkanes of at least 4 members (excludes halogenated alkanes) is 1. The second kappa shape index (κ2) is 6.67. The summed E-state index contributed by atoms with van der Waals surface area (Å²) in [6.45, 7) is 2.39. The molecule has 0 heterocycles. The lowest BCUT2D eigenvalue weighted by Crippen LogP contribution is -2.25. The van der Waals surface area contributed by atoms with E-state index in [9.17, 15) is 17.6 Å². The van der Waals surface area contributed by atoms with Crippen molar-refractivity contribution in [3.63, 3.8) is 0 Å². The van der Waals surface area contributed by atoms with Crippen LogP contribution in [0, 0.1) is 5.82 Å². The van der Waals surface area contributed by atoms with E-state index in [1.165, 1.54) is 0 Å². The summed E-state index contributed by atoms with van der Waals surface area (Å²) < 4.78 is 35.9. The Morgan fingerprint density at radius 2 is 2.11 bits per heavy atom. The topological polar surface area (TPSA) is 63.2 Å². The van der Waals surface area contributed by atoms with Crippen molar-refractivity contribution in [3.8, 4) is 0 Å². The van der Waals surface area contributed by atoms with Crippen LogP contribution < -0.4 is 5.32 Å². The molecule has 1 aromatic carbocycles. The van der Waals surface area contributed by atoms with E-state index in [0.29, 0.717) is 6.54 Å². The van der Waals surface area contributed by atoms with Gasteiger partial charge in [-0.2, -0.15) is 0 Å². The molecule has 1 amide bonds. The van der Waals surface area contributed by atoms with Gasteiger partial charge < -0.3 is 5.32 Å². The maximum Gasteiger partial charge on any atom is 0.262 e. The van der Waals surface area contributed by atoms with Gasteiger partial charge in [-0.3, -0.25) is 4.79 Å². The van der Waals surface area contributed by atoms with Crippen LogP contribution in [-0.4, -0.2) is 20.9 Å². The largest absolute Gasteiger partial charge is 0.352 e. The Morgan fingerprint density at radius 3 is 2.63 bits per heavy atom. The van der Waals surface area contributed by atoms with Crippen LogP contribution in [0.2, 0.25) is 0 Å². The lowest BCUT2D eigenvalue weighted by Gasteiger charge is -2.09. The second-order valence-electron chi connectivity index (χ2n) is 3.81. The van der Waals surface area contributed by atoms with Crippen molar-refractivity contribution in [2.24, 2.45) is 0 Å². The van der Waals surface area contributed by atoms with E-state index in [-0.39, 0.29) is 10.0 Å². The van der Waals surface area contributed by atoms with Crippen molar-refractivity contribution in [3.05, 3.63) is 28.0 Å². The van der Waals surface area contributed by atoms with Crippen LogP contribution >= 0.6 is 26.6 Å². The molecule has 8 heteroatoms. The minimum Gasteiger partial charge on any atom is -0.352 e. The Labute approximate surface area is 123 Å². The summed E-state index contributed by atoms with van der Waals surface area (Å²) >= 11 is 2.97. The smallest absolute Gasteiger partial charge is 0.262 e. The van der Waals surface area contributed by atoms with Gasteiger partial charge in [-0.05, 0) is 34.5 Å². The summed E-state index contributed by atoms with van der Waals surface area (Å²) in [5.41, 5.74) is -0.102. The fourth-order valence-corrected chi connectivity index (χ4v) is 3.65. The van der Waals surface area contributed by atoms with Gasteiger partial charge >= 0.3 is 0 Å². The maximum absolute atomic E-state index is 13.4. The Morgan fingerprint density at radius 1 is 1.47 bits per heavy atom. The summed E-state index contributed by atoms with van der Waals surface area (Å²) in [6, 6.07) is 1.71. The first-order chi connectivity index (χ1) is 8.77. The molecule has 106 valence electrons. The number of hydrogen-bond donors (Lipinski definition) is 1. The maximum atomic E-state index is 13.4. The van der Waals surface area contributed by atoms with E-state index in [0.717, 1.165) is 25.0 Å². The average molecular weight is 373 g/mol. The minimum absolute atomic E-state index is 0.0436. The van der Waals surface area contributed by atoms with E-state index in [2.05, 4.69) is 21.2 Å². The Balaban J connectivity index is 3.15. The molecule has 0 bridgehead atoms. The third-order valence-electron chi connectivity index (χ3n) is 2.33. The zero-order valence-corrected chi connectivity index (χ0v) is 13.2. The zero-order valence-electron chi connectivity index (χ0n) is 10.0. The molecular weight excluding hydrogens is 361 g/mol.